The predicted molar refractivity (Wildman–Crippen MR) is 114 cm³/mol. The van der Waals surface area contributed by atoms with E-state index in [1.54, 1.807) is 24.3 Å². The van der Waals surface area contributed by atoms with Gasteiger partial charge in [0.15, 0.2) is 0 Å². The zero-order valence-electron chi connectivity index (χ0n) is 16.1. The Hall–Kier alpha value is -3.54. The van der Waals surface area contributed by atoms with Gasteiger partial charge in [-0.2, -0.15) is 0 Å². The van der Waals surface area contributed by atoms with Gasteiger partial charge in [0.05, 0.1) is 0 Å². The van der Waals surface area contributed by atoms with Crippen LogP contribution in [0.5, 0.6) is 5.75 Å². The first kappa shape index (κ1) is 18.8. The van der Waals surface area contributed by atoms with Gasteiger partial charge >= 0.3 is 0 Å². The molecule has 1 amide bonds. The highest BCUT2D eigenvalue weighted by Gasteiger charge is 2.19. The van der Waals surface area contributed by atoms with Crippen LogP contribution in [0.2, 0.25) is 0 Å². The smallest absolute Gasteiger partial charge is 0.248 e. The Morgan fingerprint density at radius 1 is 1.00 bits per heavy atom. The summed E-state index contributed by atoms with van der Waals surface area (Å²) in [6.07, 6.45) is 3.32. The number of carbonyl (C=O) groups is 1. The highest BCUT2D eigenvalue weighted by molar-refractivity contribution is 5.87. The van der Waals surface area contributed by atoms with E-state index in [9.17, 15) is 9.59 Å². The van der Waals surface area contributed by atoms with E-state index in [1.807, 2.05) is 35.2 Å². The van der Waals surface area contributed by atoms with Crippen molar-refractivity contribution in [1.29, 1.82) is 0 Å². The number of hydrogen-bond acceptors (Lipinski definition) is 4. The number of para-hydroxylation sites is 1. The standard InChI is InChI=1S/C23H23N3O3/c27-22-11-8-18-17-20(9-10-21(18)24-22)29-16-4-7-23(28)26-14-12-25(13-15-26)19-5-2-1-3-6-19/h1-11,17H,12-16H2,(H,24,27). The van der Waals surface area contributed by atoms with Crippen LogP contribution in [0.4, 0.5) is 5.69 Å². The van der Waals surface area contributed by atoms with Crippen molar-refractivity contribution in [3.63, 3.8) is 0 Å². The highest BCUT2D eigenvalue weighted by Crippen LogP contribution is 2.18. The Labute approximate surface area is 169 Å². The second kappa shape index (κ2) is 8.65. The number of benzene rings is 2. The summed E-state index contributed by atoms with van der Waals surface area (Å²) in [5.41, 5.74) is 1.84. The van der Waals surface area contributed by atoms with Gasteiger partial charge in [-0.1, -0.05) is 18.2 Å². The quantitative estimate of drug-likeness (QED) is 0.682. The zero-order chi connectivity index (χ0) is 20.1. The maximum atomic E-state index is 12.4. The molecule has 29 heavy (non-hydrogen) atoms. The number of hydrogen-bond donors (Lipinski definition) is 1. The largest absolute Gasteiger partial charge is 0.490 e. The maximum absolute atomic E-state index is 12.4. The Morgan fingerprint density at radius 3 is 2.59 bits per heavy atom. The minimum atomic E-state index is -0.128. The lowest BCUT2D eigenvalue weighted by Crippen LogP contribution is -2.48. The third-order valence-electron chi connectivity index (χ3n) is 5.01. The van der Waals surface area contributed by atoms with E-state index in [0.29, 0.717) is 25.4 Å². The topological polar surface area (TPSA) is 65.6 Å². The lowest BCUT2D eigenvalue weighted by atomic mass is 10.2. The minimum Gasteiger partial charge on any atom is -0.490 e. The van der Waals surface area contributed by atoms with Gasteiger partial charge in [0.2, 0.25) is 11.5 Å². The van der Waals surface area contributed by atoms with Crippen molar-refractivity contribution in [3.8, 4) is 5.75 Å². The first-order valence-corrected chi connectivity index (χ1v) is 9.70. The number of amides is 1. The average Bonchev–Trinajstić information content (AvgIpc) is 2.77. The second-order valence-corrected chi connectivity index (χ2v) is 6.93. The third-order valence-corrected chi connectivity index (χ3v) is 5.01. The molecule has 3 aromatic rings. The molecule has 0 aliphatic carbocycles. The first-order chi connectivity index (χ1) is 14.2. The molecular weight excluding hydrogens is 366 g/mol. The molecule has 2 heterocycles. The molecule has 6 heteroatoms. The lowest BCUT2D eigenvalue weighted by molar-refractivity contribution is -0.126. The van der Waals surface area contributed by atoms with Crippen molar-refractivity contribution in [2.75, 3.05) is 37.7 Å². The number of anilines is 1. The van der Waals surface area contributed by atoms with Gasteiger partial charge in [-0.3, -0.25) is 9.59 Å². The summed E-state index contributed by atoms with van der Waals surface area (Å²) in [6.45, 7) is 3.40. The van der Waals surface area contributed by atoms with Gasteiger partial charge in [-0.25, -0.2) is 0 Å². The molecule has 0 spiro atoms. The molecule has 1 fully saturated rings. The van der Waals surface area contributed by atoms with E-state index in [4.69, 9.17) is 4.74 Å². The molecule has 0 unspecified atom stereocenters. The SMILES string of the molecule is O=C(C=CCOc1ccc2[nH]c(=O)ccc2c1)N1CCN(c2ccccc2)CC1. The molecule has 1 aliphatic heterocycles. The fourth-order valence-electron chi connectivity index (χ4n) is 3.44. The molecular formula is C23H23N3O3. The van der Waals surface area contributed by atoms with Crippen molar-refractivity contribution < 1.29 is 9.53 Å². The van der Waals surface area contributed by atoms with Crippen LogP contribution in [0, 0.1) is 0 Å². The number of aromatic nitrogens is 1. The molecule has 1 aliphatic rings. The average molecular weight is 389 g/mol. The molecule has 148 valence electrons. The molecule has 6 nitrogen and oxygen atoms in total. The third kappa shape index (κ3) is 4.66. The van der Waals surface area contributed by atoms with E-state index >= 15 is 0 Å². The van der Waals surface area contributed by atoms with E-state index in [2.05, 4.69) is 22.0 Å². The Morgan fingerprint density at radius 2 is 1.79 bits per heavy atom. The van der Waals surface area contributed by atoms with Crippen molar-refractivity contribution >= 4 is 22.5 Å². The van der Waals surface area contributed by atoms with Crippen molar-refractivity contribution in [2.24, 2.45) is 0 Å². The normalized spacial score (nSPS) is 14.5. The molecule has 4 rings (SSSR count). The minimum absolute atomic E-state index is 0.0115. The number of nitrogens with zero attached hydrogens (tertiary/aromatic N) is 2. The summed E-state index contributed by atoms with van der Waals surface area (Å²) < 4.78 is 5.70. The van der Waals surface area contributed by atoms with Gasteiger partial charge in [-0.05, 0) is 42.5 Å². The number of aromatic amines is 1. The number of ether oxygens (including phenoxy) is 1. The Bertz CT molecular complexity index is 1070. The number of nitrogens with one attached hydrogen (secondary N) is 1. The number of carbonyl (C=O) groups excluding carboxylic acids is 1. The fraction of sp³-hybridized carbons (Fsp3) is 0.217. The second-order valence-electron chi connectivity index (χ2n) is 6.93. The van der Waals surface area contributed by atoms with Crippen LogP contribution in [-0.2, 0) is 4.79 Å². The summed E-state index contributed by atoms with van der Waals surface area (Å²) in [6, 6.07) is 19.0. The first-order valence-electron chi connectivity index (χ1n) is 9.70. The molecule has 0 atom stereocenters. The van der Waals surface area contributed by atoms with Crippen molar-refractivity contribution in [2.45, 2.75) is 0 Å². The number of pyridine rings is 1. The summed E-state index contributed by atoms with van der Waals surface area (Å²) in [5, 5.41) is 0.901. The van der Waals surface area contributed by atoms with Crippen LogP contribution in [0.15, 0.2) is 77.6 Å². The monoisotopic (exact) mass is 389 g/mol. The van der Waals surface area contributed by atoms with Gasteiger partial charge in [-0.15, -0.1) is 0 Å². The fourth-order valence-corrected chi connectivity index (χ4v) is 3.44. The summed E-state index contributed by atoms with van der Waals surface area (Å²) in [4.78, 5) is 30.6. The van der Waals surface area contributed by atoms with Crippen LogP contribution in [-0.4, -0.2) is 48.6 Å². The summed E-state index contributed by atoms with van der Waals surface area (Å²) >= 11 is 0. The van der Waals surface area contributed by atoms with E-state index in [0.717, 1.165) is 24.0 Å². The molecule has 2 aromatic carbocycles. The Kier molecular flexibility index (Phi) is 5.61. The molecule has 1 saturated heterocycles. The van der Waals surface area contributed by atoms with Gasteiger partial charge in [0.1, 0.15) is 12.4 Å². The maximum Gasteiger partial charge on any atom is 0.248 e. The van der Waals surface area contributed by atoms with Crippen molar-refractivity contribution in [3.05, 3.63) is 83.2 Å². The number of H-pyrrole nitrogens is 1. The highest BCUT2D eigenvalue weighted by atomic mass is 16.5. The predicted octanol–water partition coefficient (Wildman–Crippen LogP) is 2.81. The van der Waals surface area contributed by atoms with Crippen LogP contribution in [0.25, 0.3) is 10.9 Å². The van der Waals surface area contributed by atoms with E-state index in [-0.39, 0.29) is 11.5 Å². The van der Waals surface area contributed by atoms with Crippen molar-refractivity contribution in [1.82, 2.24) is 9.88 Å². The lowest BCUT2D eigenvalue weighted by Gasteiger charge is -2.35. The van der Waals surface area contributed by atoms with Gasteiger partial charge in [0, 0.05) is 54.9 Å². The number of piperazine rings is 1. The number of fused-ring (bicyclic) bond motifs is 1. The molecule has 0 saturated carbocycles. The van der Waals surface area contributed by atoms with E-state index < -0.39 is 0 Å². The molecule has 1 aromatic heterocycles. The van der Waals surface area contributed by atoms with Crippen LogP contribution in [0.1, 0.15) is 0 Å². The summed E-state index contributed by atoms with van der Waals surface area (Å²) in [7, 11) is 0. The van der Waals surface area contributed by atoms with Gasteiger partial charge in [0.25, 0.3) is 0 Å². The summed E-state index contributed by atoms with van der Waals surface area (Å²) in [5.74, 6) is 0.704. The molecule has 0 radical (unpaired) electrons. The van der Waals surface area contributed by atoms with Crippen LogP contribution in [0.3, 0.4) is 0 Å². The van der Waals surface area contributed by atoms with Gasteiger partial charge < -0.3 is 19.5 Å². The molecule has 0 bridgehead atoms. The van der Waals surface area contributed by atoms with E-state index in [1.165, 1.54) is 11.8 Å². The number of rotatable bonds is 5. The zero-order valence-corrected chi connectivity index (χ0v) is 16.1. The molecule has 1 N–H and O–H groups in total. The van der Waals surface area contributed by atoms with Crippen LogP contribution < -0.4 is 15.2 Å². The van der Waals surface area contributed by atoms with Crippen LogP contribution >= 0.6 is 0 Å². The Balaban J connectivity index is 1.26.